The van der Waals surface area contributed by atoms with Gasteiger partial charge in [0, 0.05) is 53.0 Å². The minimum Gasteiger partial charge on any atom is -0.464 e. The fraction of sp³-hybridized carbons (Fsp3) is 0.232. The molecule has 12 heterocycles. The topological polar surface area (TPSA) is 352 Å². The molecule has 0 fully saturated rings. The molecule has 0 aliphatic rings. The summed E-state index contributed by atoms with van der Waals surface area (Å²) >= 11 is 0. The fourth-order valence-electron chi connectivity index (χ4n) is 8.55. The third-order valence-electron chi connectivity index (χ3n) is 12.4. The molecule has 12 aromatic heterocycles. The van der Waals surface area contributed by atoms with Gasteiger partial charge in [0.15, 0.2) is 34.2 Å². The van der Waals surface area contributed by atoms with Crippen LogP contribution in [-0.2, 0) is 35.2 Å². The number of ether oxygens (including phenoxy) is 1. The fourth-order valence-corrected chi connectivity index (χ4v) is 8.55. The molecule has 81 heavy (non-hydrogen) atoms. The zero-order valence-electron chi connectivity index (χ0n) is 45.4. The summed E-state index contributed by atoms with van der Waals surface area (Å²) in [6, 6.07) is 27.3. The molecule has 0 saturated carbocycles. The number of nitrogen functional groups attached to an aromatic ring is 3. The Balaban J connectivity index is 0.000000136. The van der Waals surface area contributed by atoms with E-state index in [4.69, 9.17) is 35.2 Å². The van der Waals surface area contributed by atoms with Crippen LogP contribution in [0.2, 0.25) is 0 Å². The molecule has 0 aromatic carbocycles. The highest BCUT2D eigenvalue weighted by molar-refractivity contribution is 5.87. The average molecular weight is 1090 g/mol. The van der Waals surface area contributed by atoms with Crippen LogP contribution in [-0.4, -0.2) is 97.0 Å². The third kappa shape index (κ3) is 11.9. The Morgan fingerprint density at radius 1 is 0.481 bits per heavy atom. The van der Waals surface area contributed by atoms with Crippen LogP contribution in [0.5, 0.6) is 0 Å². The second kappa shape index (κ2) is 21.9. The summed E-state index contributed by atoms with van der Waals surface area (Å²) in [6.07, 6.45) is 6.54. The zero-order chi connectivity index (χ0) is 57.3. The number of methoxy groups -OCH3 is 1. The van der Waals surface area contributed by atoms with Gasteiger partial charge in [-0.05, 0) is 121 Å². The number of carbonyl (C=O) groups is 1. The van der Waals surface area contributed by atoms with Gasteiger partial charge in [-0.25, -0.2) is 9.78 Å². The average Bonchev–Trinajstić information content (AvgIpc) is 4.35. The van der Waals surface area contributed by atoms with E-state index in [1.54, 1.807) is 90.2 Å². The lowest BCUT2D eigenvalue weighted by atomic mass is 10.0. The van der Waals surface area contributed by atoms with Crippen molar-refractivity contribution < 1.29 is 33.0 Å². The van der Waals surface area contributed by atoms with Crippen molar-refractivity contribution in [1.82, 2.24) is 73.7 Å². The molecule has 12 aromatic rings. The number of hydrogen-bond acceptors (Lipinski definition) is 22. The summed E-state index contributed by atoms with van der Waals surface area (Å²) in [4.78, 5) is 50.9. The highest BCUT2D eigenvalue weighted by atomic mass is 16.5. The maximum atomic E-state index is 11.7. The monoisotopic (exact) mass is 1090 g/mol. The number of anilines is 3. The predicted octanol–water partition coefficient (Wildman–Crippen LogP) is 7.02. The highest BCUT2D eigenvalue weighted by Crippen LogP contribution is 2.28. The van der Waals surface area contributed by atoms with Gasteiger partial charge in [-0.15, -0.1) is 0 Å². The van der Waals surface area contributed by atoms with Gasteiger partial charge in [0.25, 0.3) is 0 Å². The first kappa shape index (κ1) is 54.1. The molecule has 0 bridgehead atoms. The molecule has 25 nitrogen and oxygen atoms in total. The second-order valence-electron chi connectivity index (χ2n) is 19.8. The number of aryl methyl sites for hydroxylation is 3. The van der Waals surface area contributed by atoms with Crippen molar-refractivity contribution >= 4 is 40.8 Å². The molecule has 0 radical (unpaired) electrons. The number of hydrogen-bond donors (Lipinski definition) is 5. The van der Waals surface area contributed by atoms with Crippen LogP contribution in [0.4, 0.5) is 17.8 Å². The van der Waals surface area contributed by atoms with E-state index in [-0.39, 0.29) is 23.5 Å². The summed E-state index contributed by atoms with van der Waals surface area (Å²) in [5, 5.41) is 33.6. The summed E-state index contributed by atoms with van der Waals surface area (Å²) in [7, 11) is 1.32. The van der Waals surface area contributed by atoms with Crippen LogP contribution in [0.1, 0.15) is 101 Å². The van der Waals surface area contributed by atoms with Crippen LogP contribution < -0.4 is 17.2 Å². The van der Waals surface area contributed by atoms with E-state index in [1.807, 2.05) is 81.4 Å². The molecule has 25 heteroatoms. The molecule has 0 amide bonds. The van der Waals surface area contributed by atoms with E-state index >= 15 is 0 Å². The van der Waals surface area contributed by atoms with Gasteiger partial charge in [-0.2, -0.15) is 58.7 Å². The van der Waals surface area contributed by atoms with Gasteiger partial charge < -0.3 is 45.4 Å². The number of esters is 1. The standard InChI is InChI=1S/2C19H20N6O2.C18H16N6O3/c2*1-11-7-8-14(27-11)17-24-18(20)23-16-12(10-21-25(16)17)9-13-5-4-6-15(22-13)19(2,3)26;1-10-6-7-14(27-10)16-23-18(19)22-15-11(9-20-24(15)16)8-12-4-3-5-13(21-12)17(25)26-2/h2*4-8,10,26H,9H2,1-3H3,(H2,20,23);3-7,9H,8H2,1-2H3,(H2,19,22). The summed E-state index contributed by atoms with van der Waals surface area (Å²) in [5.41, 5.74) is 23.7. The molecule has 412 valence electrons. The number of nitrogens with two attached hydrogens (primary N) is 3. The minimum absolute atomic E-state index is 0.115. The Morgan fingerprint density at radius 2 is 0.815 bits per heavy atom. The highest BCUT2D eigenvalue weighted by Gasteiger charge is 2.23. The lowest BCUT2D eigenvalue weighted by Gasteiger charge is -2.17. The molecular weight excluding hydrogens is 1040 g/mol. The first-order valence-electron chi connectivity index (χ1n) is 25.3. The van der Waals surface area contributed by atoms with Gasteiger partial charge >= 0.3 is 5.97 Å². The molecular formula is C56H56N18O7. The quantitative estimate of drug-likeness (QED) is 0.0767. The number of carbonyl (C=O) groups excluding carboxylic acids is 1. The Hall–Kier alpha value is -10.3. The number of aliphatic hydroxyl groups is 2. The minimum atomic E-state index is -1.01. The molecule has 12 rings (SSSR count). The summed E-state index contributed by atoms with van der Waals surface area (Å²) in [5.74, 6) is 5.37. The van der Waals surface area contributed by atoms with Crippen molar-refractivity contribution in [3.05, 3.63) is 178 Å². The number of fused-ring (bicyclic) bond motifs is 3. The molecule has 8 N–H and O–H groups in total. The third-order valence-corrected chi connectivity index (χ3v) is 12.4. The molecule has 0 unspecified atom stereocenters. The van der Waals surface area contributed by atoms with Gasteiger partial charge in [-0.1, -0.05) is 18.2 Å². The van der Waals surface area contributed by atoms with E-state index in [0.29, 0.717) is 88.0 Å². The number of rotatable bonds is 12. The van der Waals surface area contributed by atoms with Crippen molar-refractivity contribution in [1.29, 1.82) is 0 Å². The van der Waals surface area contributed by atoms with Crippen molar-refractivity contribution in [3.63, 3.8) is 0 Å². The van der Waals surface area contributed by atoms with Crippen molar-refractivity contribution in [2.75, 3.05) is 24.3 Å². The van der Waals surface area contributed by atoms with Crippen molar-refractivity contribution in [2.45, 2.75) is 78.9 Å². The Morgan fingerprint density at radius 3 is 1.12 bits per heavy atom. The SMILES string of the molecule is COC(=O)c1cccc(Cc2cnn3c(-c4ccc(C)o4)nc(N)nc23)n1.Cc1ccc(-c2nc(N)nc3c(Cc4cccc(C(C)(C)O)n4)cnn23)o1.Cc1ccc(-c2nc(N)nc3c(Cc4cccc(C(C)(C)O)n4)cnn23)o1. The van der Waals surface area contributed by atoms with E-state index in [0.717, 1.165) is 45.4 Å². The van der Waals surface area contributed by atoms with E-state index in [1.165, 1.54) is 7.11 Å². The normalized spacial score (nSPS) is 11.7. The van der Waals surface area contributed by atoms with Gasteiger partial charge in [-0.3, -0.25) is 9.97 Å². The Kier molecular flexibility index (Phi) is 14.6. The predicted molar refractivity (Wildman–Crippen MR) is 296 cm³/mol. The first-order valence-corrected chi connectivity index (χ1v) is 25.3. The van der Waals surface area contributed by atoms with E-state index in [2.05, 4.69) is 60.2 Å². The van der Waals surface area contributed by atoms with Crippen LogP contribution in [0.3, 0.4) is 0 Å². The van der Waals surface area contributed by atoms with Crippen molar-refractivity contribution in [2.24, 2.45) is 0 Å². The van der Waals surface area contributed by atoms with Crippen molar-refractivity contribution in [3.8, 4) is 34.8 Å². The maximum absolute atomic E-state index is 11.7. The largest absolute Gasteiger partial charge is 0.464 e. The summed E-state index contributed by atoms with van der Waals surface area (Å²) < 4.78 is 26.5. The number of furan rings is 3. The second-order valence-corrected chi connectivity index (χ2v) is 19.8. The maximum Gasteiger partial charge on any atom is 0.356 e. The lowest BCUT2D eigenvalue weighted by molar-refractivity contribution is 0.0593. The molecule has 0 atom stereocenters. The molecule has 0 aliphatic heterocycles. The number of aromatic nitrogens is 15. The van der Waals surface area contributed by atoms with Gasteiger partial charge in [0.1, 0.15) is 34.2 Å². The zero-order valence-corrected chi connectivity index (χ0v) is 45.4. The van der Waals surface area contributed by atoms with Crippen LogP contribution >= 0.6 is 0 Å². The van der Waals surface area contributed by atoms with E-state index in [9.17, 15) is 15.0 Å². The van der Waals surface area contributed by atoms with Crippen LogP contribution in [0.25, 0.3) is 51.7 Å². The van der Waals surface area contributed by atoms with E-state index < -0.39 is 17.2 Å². The smallest absolute Gasteiger partial charge is 0.356 e. The Bertz CT molecular complexity index is 4070. The van der Waals surface area contributed by atoms with Gasteiger partial charge in [0.05, 0.1) is 37.1 Å². The van der Waals surface area contributed by atoms with Crippen LogP contribution in [0, 0.1) is 20.8 Å². The summed E-state index contributed by atoms with van der Waals surface area (Å²) in [6.45, 7) is 12.4. The number of pyridine rings is 3. The van der Waals surface area contributed by atoms with Gasteiger partial charge in [0.2, 0.25) is 35.3 Å². The lowest BCUT2D eigenvalue weighted by Crippen LogP contribution is -2.18. The molecule has 0 aliphatic carbocycles. The number of nitrogens with zero attached hydrogens (tertiary/aromatic N) is 15. The molecule has 0 saturated heterocycles. The first-order chi connectivity index (χ1) is 38.7. The van der Waals surface area contributed by atoms with Crippen LogP contribution in [0.15, 0.2) is 123 Å². The molecule has 0 spiro atoms. The Labute approximate surface area is 461 Å².